The van der Waals surface area contributed by atoms with Crippen LogP contribution in [0.25, 0.3) is 0 Å². The van der Waals surface area contributed by atoms with Gasteiger partial charge in [-0.2, -0.15) is 17.7 Å². The lowest BCUT2D eigenvalue weighted by Crippen LogP contribution is -2.18. The van der Waals surface area contributed by atoms with Crippen molar-refractivity contribution in [3.05, 3.63) is 22.1 Å². The van der Waals surface area contributed by atoms with Crippen LogP contribution in [-0.4, -0.2) is 27.2 Å². The van der Waals surface area contributed by atoms with Crippen molar-refractivity contribution < 1.29 is 22.8 Å². The number of rotatable bonds is 3. The lowest BCUT2D eigenvalue weighted by Gasteiger charge is -2.05. The third kappa shape index (κ3) is 1.98. The molecule has 0 radical (unpaired) electrons. The maximum absolute atomic E-state index is 12.4. The average Bonchev–Trinajstić information content (AvgIpc) is 2.80. The number of nitrogens with zero attached hydrogens (tertiary/aromatic N) is 3. The molecule has 1 aliphatic heterocycles. The molecule has 2 rings (SSSR count). The Morgan fingerprint density at radius 2 is 2.31 bits per heavy atom. The van der Waals surface area contributed by atoms with Crippen LogP contribution >= 0.6 is 0 Å². The summed E-state index contributed by atoms with van der Waals surface area (Å²) in [7, 11) is 0. The molecular formula is C7H6F3N3O3. The predicted molar refractivity (Wildman–Crippen MR) is 43.6 cm³/mol. The zero-order valence-corrected chi connectivity index (χ0v) is 7.77. The highest BCUT2D eigenvalue weighted by Gasteiger charge is 2.44. The van der Waals surface area contributed by atoms with Gasteiger partial charge in [-0.3, -0.25) is 0 Å². The molecule has 16 heavy (non-hydrogen) atoms. The molecule has 6 nitrogen and oxygen atoms in total. The van der Waals surface area contributed by atoms with E-state index in [1.807, 2.05) is 0 Å². The Balaban J connectivity index is 2.40. The number of alkyl halides is 3. The highest BCUT2D eigenvalue weighted by atomic mass is 19.4. The topological polar surface area (TPSA) is 73.5 Å². The lowest BCUT2D eigenvalue weighted by atomic mass is 10.4. The van der Waals surface area contributed by atoms with Gasteiger partial charge >= 0.3 is 17.8 Å². The summed E-state index contributed by atoms with van der Waals surface area (Å²) in [6.07, 6.45) is -4.50. The van der Waals surface area contributed by atoms with Crippen LogP contribution in [0.4, 0.5) is 19.0 Å². The first-order valence-electron chi connectivity index (χ1n) is 4.28. The quantitative estimate of drug-likeness (QED) is 0.450. The number of nitro groups is 1. The van der Waals surface area contributed by atoms with Gasteiger partial charge in [0, 0.05) is 0 Å². The SMILES string of the molecule is O=[N+]([O-])c1cnc(C(F)(F)F)n1CC1CO1. The maximum atomic E-state index is 12.4. The van der Waals surface area contributed by atoms with Crippen molar-refractivity contribution in [3.8, 4) is 0 Å². The van der Waals surface area contributed by atoms with E-state index in [2.05, 4.69) is 4.98 Å². The normalized spacial score (nSPS) is 19.8. The average molecular weight is 237 g/mol. The second-order valence-electron chi connectivity index (χ2n) is 3.26. The molecule has 9 heteroatoms. The Kier molecular flexibility index (Phi) is 2.34. The van der Waals surface area contributed by atoms with Crippen LogP contribution in [0.5, 0.6) is 0 Å². The van der Waals surface area contributed by atoms with Crippen LogP contribution in [0.3, 0.4) is 0 Å². The van der Waals surface area contributed by atoms with Gasteiger partial charge in [-0.05, 0) is 4.92 Å². The van der Waals surface area contributed by atoms with Crippen LogP contribution < -0.4 is 0 Å². The van der Waals surface area contributed by atoms with Gasteiger partial charge in [0.15, 0.2) is 0 Å². The lowest BCUT2D eigenvalue weighted by molar-refractivity contribution is -0.392. The number of ether oxygens (including phenoxy) is 1. The largest absolute Gasteiger partial charge is 0.473 e. The molecule has 0 saturated carbocycles. The summed E-state index contributed by atoms with van der Waals surface area (Å²) in [6, 6.07) is 0. The van der Waals surface area contributed by atoms with Crippen LogP contribution in [-0.2, 0) is 17.5 Å². The van der Waals surface area contributed by atoms with E-state index in [0.717, 1.165) is 0 Å². The molecule has 0 spiro atoms. The van der Waals surface area contributed by atoms with Crippen molar-refractivity contribution in [3.63, 3.8) is 0 Å². The van der Waals surface area contributed by atoms with Crippen molar-refractivity contribution in [1.29, 1.82) is 0 Å². The number of halogens is 3. The fourth-order valence-electron chi connectivity index (χ4n) is 1.30. The van der Waals surface area contributed by atoms with Gasteiger partial charge in [-0.25, -0.2) is 4.98 Å². The molecule has 1 saturated heterocycles. The zero-order chi connectivity index (χ0) is 11.9. The zero-order valence-electron chi connectivity index (χ0n) is 7.77. The molecule has 0 bridgehead atoms. The highest BCUT2D eigenvalue weighted by Crippen LogP contribution is 2.32. The first-order valence-corrected chi connectivity index (χ1v) is 4.28. The van der Waals surface area contributed by atoms with E-state index in [4.69, 9.17) is 4.74 Å². The molecule has 0 aliphatic carbocycles. The minimum atomic E-state index is -4.71. The summed E-state index contributed by atoms with van der Waals surface area (Å²) in [4.78, 5) is 12.6. The van der Waals surface area contributed by atoms with Crippen LogP contribution in [0.15, 0.2) is 6.20 Å². The van der Waals surface area contributed by atoms with Gasteiger partial charge in [0.2, 0.25) is 0 Å². The molecule has 1 aromatic heterocycles. The van der Waals surface area contributed by atoms with E-state index in [9.17, 15) is 23.3 Å². The number of hydrogen-bond donors (Lipinski definition) is 0. The minimum Gasteiger partial charge on any atom is -0.369 e. The predicted octanol–water partition coefficient (Wildman–Crippen LogP) is 1.21. The Labute approximate surface area is 86.8 Å². The molecule has 0 N–H and O–H groups in total. The molecule has 1 fully saturated rings. The van der Waals surface area contributed by atoms with Gasteiger partial charge in [0.05, 0.1) is 6.61 Å². The second-order valence-corrected chi connectivity index (χ2v) is 3.26. The molecule has 1 aromatic rings. The summed E-state index contributed by atoms with van der Waals surface area (Å²) < 4.78 is 42.6. The van der Waals surface area contributed by atoms with Crippen LogP contribution in [0.1, 0.15) is 5.82 Å². The summed E-state index contributed by atoms with van der Waals surface area (Å²) in [5, 5.41) is 10.5. The molecule has 1 unspecified atom stereocenters. The van der Waals surface area contributed by atoms with Gasteiger partial charge in [-0.15, -0.1) is 0 Å². The molecule has 88 valence electrons. The molecular weight excluding hydrogens is 231 g/mol. The third-order valence-electron chi connectivity index (χ3n) is 2.06. The second kappa shape index (κ2) is 3.44. The molecule has 1 aliphatic rings. The fraction of sp³-hybridized carbons (Fsp3) is 0.571. The Bertz CT molecular complexity index is 424. The monoisotopic (exact) mass is 237 g/mol. The van der Waals surface area contributed by atoms with Gasteiger partial charge in [0.25, 0.3) is 0 Å². The number of imidazole rings is 1. The van der Waals surface area contributed by atoms with Crippen LogP contribution in [0, 0.1) is 10.1 Å². The van der Waals surface area contributed by atoms with Crippen molar-refractivity contribution in [1.82, 2.24) is 9.55 Å². The standard InChI is InChI=1S/C7H6F3N3O3/c8-7(9,10)6-11-1-5(13(14)15)12(6)2-4-3-16-4/h1,4H,2-3H2. The van der Waals surface area contributed by atoms with E-state index in [0.29, 0.717) is 17.4 Å². The summed E-state index contributed by atoms with van der Waals surface area (Å²) >= 11 is 0. The van der Waals surface area contributed by atoms with E-state index in [1.54, 1.807) is 0 Å². The van der Waals surface area contributed by atoms with E-state index >= 15 is 0 Å². The molecule has 0 amide bonds. The molecule has 0 aromatic carbocycles. The molecule has 1 atom stereocenters. The third-order valence-corrected chi connectivity index (χ3v) is 2.06. The van der Waals surface area contributed by atoms with Crippen molar-refractivity contribution in [2.75, 3.05) is 6.61 Å². The van der Waals surface area contributed by atoms with Gasteiger partial charge in [0.1, 0.15) is 18.8 Å². The Morgan fingerprint density at radius 1 is 1.69 bits per heavy atom. The van der Waals surface area contributed by atoms with E-state index in [1.165, 1.54) is 0 Å². The summed E-state index contributed by atoms with van der Waals surface area (Å²) in [5.41, 5.74) is 0. The van der Waals surface area contributed by atoms with Gasteiger partial charge in [-0.1, -0.05) is 0 Å². The first kappa shape index (κ1) is 10.9. The number of aromatic nitrogens is 2. The first-order chi connectivity index (χ1) is 7.39. The van der Waals surface area contributed by atoms with Crippen LogP contribution in [0.2, 0.25) is 0 Å². The van der Waals surface area contributed by atoms with E-state index in [-0.39, 0.29) is 6.54 Å². The van der Waals surface area contributed by atoms with Crippen molar-refractivity contribution in [2.24, 2.45) is 0 Å². The highest BCUT2D eigenvalue weighted by molar-refractivity contribution is 5.21. The summed E-state index contributed by atoms with van der Waals surface area (Å²) in [5.74, 6) is -1.95. The number of epoxide rings is 1. The van der Waals surface area contributed by atoms with Gasteiger partial charge < -0.3 is 14.9 Å². The summed E-state index contributed by atoms with van der Waals surface area (Å²) in [6.45, 7) is 0.109. The van der Waals surface area contributed by atoms with Crippen molar-refractivity contribution >= 4 is 5.82 Å². The smallest absolute Gasteiger partial charge is 0.369 e. The maximum Gasteiger partial charge on any atom is 0.473 e. The van der Waals surface area contributed by atoms with Crippen molar-refractivity contribution in [2.45, 2.75) is 18.8 Å². The Morgan fingerprint density at radius 3 is 2.75 bits per heavy atom. The fourth-order valence-corrected chi connectivity index (χ4v) is 1.30. The minimum absolute atomic E-state index is 0.203. The Hall–Kier alpha value is -1.64. The van der Waals surface area contributed by atoms with E-state index < -0.39 is 28.8 Å². The molecule has 2 heterocycles. The number of hydrogen-bond acceptors (Lipinski definition) is 4.